The molecular weight excluding hydrogens is 490 g/mol. The molecule has 1 saturated heterocycles. The number of hydrogen-bond acceptors (Lipinski definition) is 8. The molecule has 4 heterocycles. The quantitative estimate of drug-likeness (QED) is 0.459. The zero-order valence-corrected chi connectivity index (χ0v) is 22.3. The van der Waals surface area contributed by atoms with Gasteiger partial charge in [0, 0.05) is 25.2 Å². The van der Waals surface area contributed by atoms with Crippen molar-refractivity contribution in [3.05, 3.63) is 78.7 Å². The number of anilines is 1. The predicted molar refractivity (Wildman–Crippen MR) is 143 cm³/mol. The molecule has 0 bridgehead atoms. The fourth-order valence-corrected chi connectivity index (χ4v) is 5.82. The second-order valence-electron chi connectivity index (χ2n) is 9.53. The van der Waals surface area contributed by atoms with Gasteiger partial charge in [0.25, 0.3) is 5.56 Å². The summed E-state index contributed by atoms with van der Waals surface area (Å²) in [5.41, 5.74) is 1.42. The highest BCUT2D eigenvalue weighted by molar-refractivity contribution is 7.07. The number of furan rings is 1. The summed E-state index contributed by atoms with van der Waals surface area (Å²) < 4.78 is 19.0. The number of allylic oxidation sites excluding steroid dienone is 1. The molecule has 1 unspecified atom stereocenters. The second kappa shape index (κ2) is 10.4. The Balaban J connectivity index is 1.60. The Morgan fingerprint density at radius 2 is 1.86 bits per heavy atom. The van der Waals surface area contributed by atoms with E-state index in [0.29, 0.717) is 32.1 Å². The van der Waals surface area contributed by atoms with E-state index in [4.69, 9.17) is 13.9 Å². The van der Waals surface area contributed by atoms with E-state index in [0.717, 1.165) is 37.4 Å². The van der Waals surface area contributed by atoms with E-state index < -0.39 is 12.0 Å². The van der Waals surface area contributed by atoms with Gasteiger partial charge in [-0.15, -0.1) is 0 Å². The summed E-state index contributed by atoms with van der Waals surface area (Å²) in [6.45, 7) is 7.33. The van der Waals surface area contributed by atoms with E-state index >= 15 is 0 Å². The van der Waals surface area contributed by atoms with Crippen LogP contribution in [0.3, 0.4) is 0 Å². The smallest absolute Gasteiger partial charge is 0.338 e. The van der Waals surface area contributed by atoms with Gasteiger partial charge in [0.15, 0.2) is 10.7 Å². The van der Waals surface area contributed by atoms with Gasteiger partial charge in [-0.25, -0.2) is 9.79 Å². The maximum Gasteiger partial charge on any atom is 0.338 e. The number of benzene rings is 1. The number of thiazole rings is 1. The molecule has 9 heteroatoms. The molecule has 0 radical (unpaired) electrons. The number of ether oxygens (including phenoxy) is 2. The first kappa shape index (κ1) is 25.1. The molecule has 2 aliphatic rings. The average Bonchev–Trinajstić information content (AvgIpc) is 3.48. The van der Waals surface area contributed by atoms with Crippen LogP contribution in [0.2, 0.25) is 0 Å². The largest absolute Gasteiger partial charge is 0.497 e. The van der Waals surface area contributed by atoms with Crippen molar-refractivity contribution in [3.8, 4) is 5.75 Å². The van der Waals surface area contributed by atoms with Crippen molar-refractivity contribution >= 4 is 29.3 Å². The van der Waals surface area contributed by atoms with E-state index in [1.165, 1.54) is 17.8 Å². The number of piperidine rings is 1. The number of fused-ring (bicyclic) bond motifs is 1. The standard InChI is InChI=1S/C28H31N3O5S/c1-17(2)35-27(33)24-18(3)29-28-31(25(24)19-8-10-20(34-4)11-9-19)26(32)22(37-28)16-21-12-13-23(36-21)30-14-6-5-7-15-30/h8-13,16-17,25H,5-7,14-15H2,1-4H3/b22-16-. The molecule has 2 aliphatic heterocycles. The van der Waals surface area contributed by atoms with Crippen molar-refractivity contribution in [1.29, 1.82) is 0 Å². The number of carbonyl (C=O) groups is 1. The van der Waals surface area contributed by atoms with Gasteiger partial charge >= 0.3 is 5.97 Å². The Hall–Kier alpha value is -3.59. The zero-order valence-electron chi connectivity index (χ0n) is 21.5. The van der Waals surface area contributed by atoms with Crippen LogP contribution in [0.1, 0.15) is 57.4 Å². The van der Waals surface area contributed by atoms with E-state index in [2.05, 4.69) is 9.89 Å². The van der Waals surface area contributed by atoms with E-state index in [1.54, 1.807) is 38.5 Å². The van der Waals surface area contributed by atoms with Crippen LogP contribution in [0, 0.1) is 0 Å². The maximum atomic E-state index is 13.8. The van der Waals surface area contributed by atoms with E-state index in [-0.39, 0.29) is 11.7 Å². The molecule has 1 fully saturated rings. The lowest BCUT2D eigenvalue weighted by molar-refractivity contribution is -0.143. The van der Waals surface area contributed by atoms with Crippen LogP contribution in [0.25, 0.3) is 6.08 Å². The lowest BCUT2D eigenvalue weighted by atomic mass is 9.96. The highest BCUT2D eigenvalue weighted by Crippen LogP contribution is 2.32. The minimum absolute atomic E-state index is 0.233. The molecule has 1 atom stereocenters. The number of esters is 1. The fraction of sp³-hybridized carbons (Fsp3) is 0.393. The summed E-state index contributed by atoms with van der Waals surface area (Å²) in [4.78, 5) is 34.4. The van der Waals surface area contributed by atoms with Gasteiger partial charge in [-0.05, 0) is 63.8 Å². The SMILES string of the molecule is COc1ccc(C2C(C(=O)OC(C)C)=C(C)N=c3s/c(=C\c4ccc(N5CCCCC5)o4)c(=O)n32)cc1. The topological polar surface area (TPSA) is 86.3 Å². The molecule has 194 valence electrons. The average molecular weight is 522 g/mol. The first-order valence-electron chi connectivity index (χ1n) is 12.6. The third kappa shape index (κ3) is 5.00. The molecule has 0 amide bonds. The lowest BCUT2D eigenvalue weighted by Crippen LogP contribution is -2.40. The Labute approximate surface area is 219 Å². The molecule has 0 aliphatic carbocycles. The number of carbonyl (C=O) groups excluding carboxylic acids is 1. The predicted octanol–water partition coefficient (Wildman–Crippen LogP) is 3.78. The van der Waals surface area contributed by atoms with Crippen LogP contribution in [0.15, 0.2) is 61.9 Å². The van der Waals surface area contributed by atoms with Gasteiger partial charge in [0.2, 0.25) is 0 Å². The van der Waals surface area contributed by atoms with E-state index in [1.807, 2.05) is 36.4 Å². The maximum absolute atomic E-state index is 13.8. The summed E-state index contributed by atoms with van der Waals surface area (Å²) >= 11 is 1.28. The number of rotatable bonds is 6. The molecule has 3 aromatic rings. The van der Waals surface area contributed by atoms with Crippen molar-refractivity contribution in [2.24, 2.45) is 4.99 Å². The van der Waals surface area contributed by atoms with Gasteiger partial charge in [-0.3, -0.25) is 9.36 Å². The Kier molecular flexibility index (Phi) is 7.06. The minimum Gasteiger partial charge on any atom is -0.497 e. The van der Waals surface area contributed by atoms with E-state index in [9.17, 15) is 9.59 Å². The summed E-state index contributed by atoms with van der Waals surface area (Å²) in [5, 5.41) is 0. The van der Waals surface area contributed by atoms with Crippen molar-refractivity contribution in [2.75, 3.05) is 25.1 Å². The molecule has 0 N–H and O–H groups in total. The highest BCUT2D eigenvalue weighted by atomic mass is 32.1. The highest BCUT2D eigenvalue weighted by Gasteiger charge is 2.33. The van der Waals surface area contributed by atoms with Crippen LogP contribution in [-0.4, -0.2) is 36.8 Å². The van der Waals surface area contributed by atoms with Gasteiger partial charge in [-0.2, -0.15) is 0 Å². The molecule has 1 aromatic carbocycles. The molecule has 5 rings (SSSR count). The minimum atomic E-state index is -0.670. The number of nitrogens with zero attached hydrogens (tertiary/aromatic N) is 3. The van der Waals surface area contributed by atoms with Crippen LogP contribution < -0.4 is 24.5 Å². The van der Waals surface area contributed by atoms with Crippen molar-refractivity contribution in [3.63, 3.8) is 0 Å². The third-order valence-corrected chi connectivity index (χ3v) is 7.55. The molecule has 2 aromatic heterocycles. The Morgan fingerprint density at radius 1 is 1.14 bits per heavy atom. The second-order valence-corrected chi connectivity index (χ2v) is 10.5. The summed E-state index contributed by atoms with van der Waals surface area (Å²) in [7, 11) is 1.60. The normalized spacial score (nSPS) is 18.1. The number of methoxy groups -OCH3 is 1. The Bertz CT molecular complexity index is 1500. The lowest BCUT2D eigenvalue weighted by Gasteiger charge is -2.25. The molecular formula is C28H31N3O5S. The van der Waals surface area contributed by atoms with Gasteiger partial charge in [0.1, 0.15) is 11.5 Å². The molecule has 37 heavy (non-hydrogen) atoms. The van der Waals surface area contributed by atoms with Gasteiger partial charge in [-0.1, -0.05) is 23.5 Å². The first-order chi connectivity index (χ1) is 17.9. The summed E-state index contributed by atoms with van der Waals surface area (Å²) in [6, 6.07) is 10.5. The first-order valence-corrected chi connectivity index (χ1v) is 13.4. The van der Waals surface area contributed by atoms with Gasteiger partial charge in [0.05, 0.1) is 35.1 Å². The van der Waals surface area contributed by atoms with Crippen molar-refractivity contribution in [1.82, 2.24) is 4.57 Å². The number of hydrogen-bond donors (Lipinski definition) is 0. The van der Waals surface area contributed by atoms with Crippen LogP contribution in [0.5, 0.6) is 5.75 Å². The molecule has 0 saturated carbocycles. The molecule has 8 nitrogen and oxygen atoms in total. The van der Waals surface area contributed by atoms with Crippen molar-refractivity contribution in [2.45, 2.75) is 52.2 Å². The van der Waals surface area contributed by atoms with Crippen LogP contribution >= 0.6 is 11.3 Å². The van der Waals surface area contributed by atoms with Crippen LogP contribution in [-0.2, 0) is 9.53 Å². The summed E-state index contributed by atoms with van der Waals surface area (Å²) in [6.07, 6.45) is 5.00. The zero-order chi connectivity index (χ0) is 26.1. The monoisotopic (exact) mass is 521 g/mol. The Morgan fingerprint density at radius 3 is 2.54 bits per heavy atom. The molecule has 0 spiro atoms. The number of aromatic nitrogens is 1. The van der Waals surface area contributed by atoms with Crippen LogP contribution in [0.4, 0.5) is 5.88 Å². The fourth-order valence-electron chi connectivity index (χ4n) is 4.80. The van der Waals surface area contributed by atoms with Gasteiger partial charge < -0.3 is 18.8 Å². The summed E-state index contributed by atoms with van der Waals surface area (Å²) in [5.74, 6) is 1.64. The third-order valence-electron chi connectivity index (χ3n) is 6.57. The van der Waals surface area contributed by atoms with Crippen molar-refractivity contribution < 1.29 is 18.7 Å².